The molecule has 4 aromatic rings. The highest BCUT2D eigenvalue weighted by Crippen LogP contribution is 2.25. The monoisotopic (exact) mass is 415 g/mol. The second-order valence-electron chi connectivity index (χ2n) is 7.45. The Kier molecular flexibility index (Phi) is 4.72. The minimum absolute atomic E-state index is 0.214. The van der Waals surface area contributed by atoms with Crippen molar-refractivity contribution < 1.29 is 4.79 Å². The van der Waals surface area contributed by atoms with Gasteiger partial charge in [0, 0.05) is 25.8 Å². The van der Waals surface area contributed by atoms with E-state index in [4.69, 9.17) is 10.7 Å². The first kappa shape index (κ1) is 19.0. The van der Waals surface area contributed by atoms with Gasteiger partial charge in [-0.25, -0.2) is 19.3 Å². The number of aromatic nitrogens is 4. The van der Waals surface area contributed by atoms with Gasteiger partial charge in [0.1, 0.15) is 11.6 Å². The van der Waals surface area contributed by atoms with Crippen molar-refractivity contribution in [2.45, 2.75) is 12.6 Å². The lowest BCUT2D eigenvalue weighted by Gasteiger charge is -2.26. The van der Waals surface area contributed by atoms with Gasteiger partial charge in [-0.15, -0.1) is 0 Å². The van der Waals surface area contributed by atoms with Crippen LogP contribution >= 0.6 is 0 Å². The number of aromatic amines is 1. The molecule has 9 nitrogen and oxygen atoms in total. The topological polar surface area (TPSA) is 122 Å². The third-order valence-corrected chi connectivity index (χ3v) is 5.37. The van der Waals surface area contributed by atoms with Crippen LogP contribution < -0.4 is 21.6 Å². The van der Waals surface area contributed by atoms with Crippen molar-refractivity contribution in [1.82, 2.24) is 24.8 Å². The summed E-state index contributed by atoms with van der Waals surface area (Å²) in [6.45, 7) is 1.37. The number of fused-ring (bicyclic) bond motifs is 2. The molecule has 0 unspecified atom stereocenters. The smallest absolute Gasteiger partial charge is 0.333 e. The molecule has 5 rings (SSSR count). The van der Waals surface area contributed by atoms with E-state index in [9.17, 15) is 9.59 Å². The largest absolute Gasteiger partial charge is 0.349 e. The Morgan fingerprint density at radius 1 is 1.06 bits per heavy atom. The van der Waals surface area contributed by atoms with E-state index in [1.54, 1.807) is 30.5 Å². The molecule has 1 atom stereocenters. The zero-order chi connectivity index (χ0) is 21.4. The second-order valence-corrected chi connectivity index (χ2v) is 7.45. The number of imidazole rings is 1. The van der Waals surface area contributed by atoms with E-state index in [1.165, 1.54) is 4.57 Å². The van der Waals surface area contributed by atoms with Crippen LogP contribution in [0.15, 0.2) is 65.6 Å². The average Bonchev–Trinajstić information content (AvgIpc) is 3.07. The zero-order valence-electron chi connectivity index (χ0n) is 16.7. The number of nitrogens with two attached hydrogens (primary N) is 1. The molecule has 31 heavy (non-hydrogen) atoms. The number of benzene rings is 1. The molecule has 156 valence electrons. The quantitative estimate of drug-likeness (QED) is 0.460. The minimum atomic E-state index is -0.339. The van der Waals surface area contributed by atoms with Crippen LogP contribution in [-0.4, -0.2) is 44.6 Å². The Balaban J connectivity index is 1.65. The molecule has 0 bridgehead atoms. The van der Waals surface area contributed by atoms with Gasteiger partial charge >= 0.3 is 5.69 Å². The van der Waals surface area contributed by atoms with Crippen molar-refractivity contribution >= 4 is 22.9 Å². The molecule has 0 spiro atoms. The van der Waals surface area contributed by atoms with Crippen molar-refractivity contribution in [1.29, 1.82) is 0 Å². The van der Waals surface area contributed by atoms with Gasteiger partial charge in [0.25, 0.3) is 5.91 Å². The number of nitrogens with zero attached hydrogens (tertiary/aromatic N) is 4. The van der Waals surface area contributed by atoms with Gasteiger partial charge in [0.05, 0.1) is 17.1 Å². The Morgan fingerprint density at radius 3 is 2.71 bits per heavy atom. The van der Waals surface area contributed by atoms with E-state index in [1.807, 2.05) is 35.2 Å². The molecule has 0 radical (unpaired) electrons. The Morgan fingerprint density at radius 2 is 1.90 bits per heavy atom. The molecule has 4 N–H and O–H groups in total. The molecule has 9 heteroatoms. The summed E-state index contributed by atoms with van der Waals surface area (Å²) in [7, 11) is 0. The predicted octanol–water partition coefficient (Wildman–Crippen LogP) is 1.19. The van der Waals surface area contributed by atoms with E-state index in [0.29, 0.717) is 48.0 Å². The number of hydrogen-bond acceptors (Lipinski definition) is 6. The molecule has 0 fully saturated rings. The summed E-state index contributed by atoms with van der Waals surface area (Å²) < 4.78 is 1.46. The Hall–Kier alpha value is -3.98. The van der Waals surface area contributed by atoms with Crippen LogP contribution in [0.2, 0.25) is 0 Å². The fraction of sp³-hybridized carbons (Fsp3) is 0.182. The van der Waals surface area contributed by atoms with Gasteiger partial charge in [-0.1, -0.05) is 30.3 Å². The predicted molar refractivity (Wildman–Crippen MR) is 117 cm³/mol. The fourth-order valence-electron chi connectivity index (χ4n) is 3.89. The highest BCUT2D eigenvalue weighted by molar-refractivity contribution is 6.00. The van der Waals surface area contributed by atoms with Gasteiger partial charge in [0.2, 0.25) is 0 Å². The van der Waals surface area contributed by atoms with E-state index in [0.717, 1.165) is 5.56 Å². The van der Waals surface area contributed by atoms with Gasteiger partial charge < -0.3 is 16.0 Å². The highest BCUT2D eigenvalue weighted by atomic mass is 16.2. The van der Waals surface area contributed by atoms with E-state index < -0.39 is 0 Å². The van der Waals surface area contributed by atoms with Crippen LogP contribution in [-0.2, 0) is 6.54 Å². The standard InChI is InChI=1S/C22H21N7O2/c23-11-15-13-28(12-14-5-2-1-3-6-14)20-16(21(30)25-15)8-9-18(26-20)29-17-7-4-10-24-19(17)27-22(29)31/h1-10,15H,11-13,23H2,(H,25,30)(H,24,27,31)/t15-/m1/s1. The molecule has 4 heterocycles. The molecule has 0 saturated carbocycles. The summed E-state index contributed by atoms with van der Waals surface area (Å²) in [6.07, 6.45) is 1.62. The molecular weight excluding hydrogens is 394 g/mol. The van der Waals surface area contributed by atoms with Crippen molar-refractivity contribution in [3.8, 4) is 5.82 Å². The third-order valence-electron chi connectivity index (χ3n) is 5.37. The molecule has 1 aromatic carbocycles. The van der Waals surface area contributed by atoms with Crippen molar-refractivity contribution in [3.63, 3.8) is 0 Å². The molecule has 0 aliphatic carbocycles. The number of nitrogens with one attached hydrogen (secondary N) is 2. The first-order valence-corrected chi connectivity index (χ1v) is 10.0. The molecular formula is C22H21N7O2. The van der Waals surface area contributed by atoms with Crippen molar-refractivity contribution in [2.75, 3.05) is 18.0 Å². The number of H-pyrrole nitrogens is 1. The molecule has 1 aliphatic heterocycles. The summed E-state index contributed by atoms with van der Waals surface area (Å²) >= 11 is 0. The van der Waals surface area contributed by atoms with Crippen LogP contribution in [0, 0.1) is 0 Å². The SMILES string of the molecule is NC[C@@H]1CN(Cc2ccccc2)c2nc(-n3c(=O)[nH]c4ncccc43)ccc2C(=O)N1. The van der Waals surface area contributed by atoms with Crippen molar-refractivity contribution in [2.24, 2.45) is 5.73 Å². The minimum Gasteiger partial charge on any atom is -0.349 e. The van der Waals surface area contributed by atoms with E-state index >= 15 is 0 Å². The Labute approximate surface area is 177 Å². The summed E-state index contributed by atoms with van der Waals surface area (Å²) in [5.41, 5.74) is 8.18. The normalized spacial score (nSPS) is 16.1. The lowest BCUT2D eigenvalue weighted by molar-refractivity contribution is 0.0943. The number of amides is 1. The van der Waals surface area contributed by atoms with Crippen LogP contribution in [0.25, 0.3) is 17.0 Å². The van der Waals surface area contributed by atoms with Crippen LogP contribution in [0.4, 0.5) is 5.82 Å². The number of rotatable bonds is 4. The maximum absolute atomic E-state index is 12.8. The Bertz CT molecular complexity index is 1310. The first-order chi connectivity index (χ1) is 15.1. The lowest BCUT2D eigenvalue weighted by Crippen LogP contribution is -2.45. The average molecular weight is 415 g/mol. The molecule has 1 aliphatic rings. The highest BCUT2D eigenvalue weighted by Gasteiger charge is 2.28. The number of carbonyl (C=O) groups excluding carboxylic acids is 1. The van der Waals surface area contributed by atoms with Gasteiger partial charge in [-0.3, -0.25) is 9.78 Å². The van der Waals surface area contributed by atoms with E-state index in [2.05, 4.69) is 15.3 Å². The molecule has 3 aromatic heterocycles. The van der Waals surface area contributed by atoms with Gasteiger partial charge in [0.15, 0.2) is 5.65 Å². The third kappa shape index (κ3) is 3.44. The summed E-state index contributed by atoms with van der Waals surface area (Å²) in [6, 6.07) is 16.7. The summed E-state index contributed by atoms with van der Waals surface area (Å²) in [4.78, 5) is 39.2. The summed E-state index contributed by atoms with van der Waals surface area (Å²) in [5.74, 6) is 0.702. The zero-order valence-corrected chi connectivity index (χ0v) is 16.7. The maximum Gasteiger partial charge on any atom is 0.333 e. The molecule has 0 saturated heterocycles. The lowest BCUT2D eigenvalue weighted by atomic mass is 10.2. The van der Waals surface area contributed by atoms with E-state index in [-0.39, 0.29) is 17.6 Å². The maximum atomic E-state index is 12.8. The van der Waals surface area contributed by atoms with Gasteiger partial charge in [-0.05, 0) is 29.8 Å². The van der Waals surface area contributed by atoms with Crippen LogP contribution in [0.1, 0.15) is 15.9 Å². The first-order valence-electron chi connectivity index (χ1n) is 10.0. The van der Waals surface area contributed by atoms with Crippen LogP contribution in [0.3, 0.4) is 0 Å². The van der Waals surface area contributed by atoms with Gasteiger partial charge in [-0.2, -0.15) is 0 Å². The number of carbonyl (C=O) groups is 1. The number of hydrogen-bond donors (Lipinski definition) is 3. The summed E-state index contributed by atoms with van der Waals surface area (Å²) in [5, 5.41) is 2.97. The number of pyridine rings is 2. The fourth-order valence-corrected chi connectivity index (χ4v) is 3.89. The molecule has 1 amide bonds. The van der Waals surface area contributed by atoms with Crippen molar-refractivity contribution in [3.05, 3.63) is 82.4 Å². The number of anilines is 1. The van der Waals surface area contributed by atoms with Crippen LogP contribution in [0.5, 0.6) is 0 Å². The second kappa shape index (κ2) is 7.69.